The molecule has 1 atom stereocenters. The lowest BCUT2D eigenvalue weighted by Gasteiger charge is -2.15. The molecule has 0 bridgehead atoms. The van der Waals surface area contributed by atoms with Crippen LogP contribution in [0.15, 0.2) is 54.6 Å². The minimum atomic E-state index is -4.45. The molecule has 0 aromatic heterocycles. The Morgan fingerprint density at radius 1 is 1.04 bits per heavy atom. The van der Waals surface area contributed by atoms with Crippen LogP contribution >= 0.6 is 0 Å². The number of carbonyl (C=O) groups excluding carboxylic acids is 2. The van der Waals surface area contributed by atoms with E-state index in [4.69, 9.17) is 4.55 Å². The van der Waals surface area contributed by atoms with Crippen molar-refractivity contribution in [1.82, 2.24) is 5.32 Å². The minimum absolute atomic E-state index is 0.0476. The lowest BCUT2D eigenvalue weighted by Crippen LogP contribution is -2.46. The number of amides is 1. The molecule has 0 spiro atoms. The molecule has 138 valence electrons. The molecule has 0 aliphatic rings. The molecule has 0 heterocycles. The summed E-state index contributed by atoms with van der Waals surface area (Å²) in [5.41, 5.74) is 2.73. The number of hydrogen-bond donors (Lipinski definition) is 2. The van der Waals surface area contributed by atoms with Gasteiger partial charge in [-0.1, -0.05) is 54.6 Å². The Kier molecular flexibility index (Phi) is 6.48. The Bertz CT molecular complexity index is 862. The number of hydrogen-bond acceptors (Lipinski definition) is 5. The zero-order valence-electron chi connectivity index (χ0n) is 14.1. The summed E-state index contributed by atoms with van der Waals surface area (Å²) in [6, 6.07) is 15.5. The predicted molar refractivity (Wildman–Crippen MR) is 95.9 cm³/mol. The van der Waals surface area contributed by atoms with Crippen LogP contribution in [0.4, 0.5) is 0 Å². The summed E-state index contributed by atoms with van der Waals surface area (Å²) in [6.07, 6.45) is -0.0476. The van der Waals surface area contributed by atoms with E-state index in [9.17, 15) is 18.0 Å². The standard InChI is InChI=1S/C18H19NO6S/c1-25-18(21)16(12-26(22,23)24)19-17(20)11-13-7-9-15(10-8-13)14-5-3-2-4-6-14/h2-10,16H,11-12H2,1H3,(H,19,20)(H,22,23,24)/t16-/m0/s1. The molecule has 0 aliphatic carbocycles. The van der Waals surface area contributed by atoms with Gasteiger partial charge in [-0.25, -0.2) is 4.79 Å². The Morgan fingerprint density at radius 2 is 1.62 bits per heavy atom. The average molecular weight is 377 g/mol. The first-order valence-electron chi connectivity index (χ1n) is 7.75. The minimum Gasteiger partial charge on any atom is -0.467 e. The predicted octanol–water partition coefficient (Wildman–Crippen LogP) is 1.44. The summed E-state index contributed by atoms with van der Waals surface area (Å²) in [6.45, 7) is 0. The third kappa shape index (κ3) is 5.98. The van der Waals surface area contributed by atoms with Gasteiger partial charge in [-0.2, -0.15) is 8.42 Å². The smallest absolute Gasteiger partial charge is 0.329 e. The van der Waals surface area contributed by atoms with Crippen LogP contribution in [0.5, 0.6) is 0 Å². The van der Waals surface area contributed by atoms with E-state index in [2.05, 4.69) is 10.1 Å². The van der Waals surface area contributed by atoms with Crippen molar-refractivity contribution in [2.75, 3.05) is 12.9 Å². The van der Waals surface area contributed by atoms with Crippen molar-refractivity contribution < 1.29 is 27.3 Å². The van der Waals surface area contributed by atoms with Crippen molar-refractivity contribution in [3.63, 3.8) is 0 Å². The largest absolute Gasteiger partial charge is 0.467 e. The molecule has 7 nitrogen and oxygen atoms in total. The number of nitrogens with one attached hydrogen (secondary N) is 1. The number of methoxy groups -OCH3 is 1. The van der Waals surface area contributed by atoms with Gasteiger partial charge in [0.2, 0.25) is 5.91 Å². The summed E-state index contributed by atoms with van der Waals surface area (Å²) >= 11 is 0. The maximum Gasteiger partial charge on any atom is 0.329 e. The van der Waals surface area contributed by atoms with Crippen LogP contribution in [0.3, 0.4) is 0 Å². The Morgan fingerprint density at radius 3 is 2.15 bits per heavy atom. The summed E-state index contributed by atoms with van der Waals surface area (Å²) in [5, 5.41) is 2.27. The van der Waals surface area contributed by atoms with Gasteiger partial charge < -0.3 is 10.1 Å². The number of rotatable bonds is 7. The first kappa shape index (κ1) is 19.6. The number of carbonyl (C=O) groups is 2. The molecule has 0 saturated heterocycles. The third-order valence-electron chi connectivity index (χ3n) is 3.62. The van der Waals surface area contributed by atoms with Gasteiger partial charge in [-0.15, -0.1) is 0 Å². The van der Waals surface area contributed by atoms with Gasteiger partial charge in [0.05, 0.1) is 13.5 Å². The number of ether oxygens (including phenoxy) is 1. The van der Waals surface area contributed by atoms with Crippen LogP contribution in [0.2, 0.25) is 0 Å². The van der Waals surface area contributed by atoms with Gasteiger partial charge in [0.25, 0.3) is 10.1 Å². The molecule has 2 aromatic rings. The van der Waals surface area contributed by atoms with Gasteiger partial charge in [0, 0.05) is 0 Å². The molecule has 26 heavy (non-hydrogen) atoms. The summed E-state index contributed by atoms with van der Waals surface area (Å²) in [4.78, 5) is 23.7. The number of esters is 1. The average Bonchev–Trinajstić information content (AvgIpc) is 2.60. The Balaban J connectivity index is 2.03. The first-order valence-corrected chi connectivity index (χ1v) is 9.36. The van der Waals surface area contributed by atoms with E-state index in [1.807, 2.05) is 42.5 Å². The first-order chi connectivity index (χ1) is 12.3. The van der Waals surface area contributed by atoms with E-state index in [1.54, 1.807) is 12.1 Å². The zero-order valence-corrected chi connectivity index (χ0v) is 14.9. The highest BCUT2D eigenvalue weighted by Crippen LogP contribution is 2.19. The van der Waals surface area contributed by atoms with Gasteiger partial charge in [-0.3, -0.25) is 9.35 Å². The summed E-state index contributed by atoms with van der Waals surface area (Å²) in [5.74, 6) is -2.45. The highest BCUT2D eigenvalue weighted by molar-refractivity contribution is 7.85. The van der Waals surface area contributed by atoms with Crippen LogP contribution in [-0.4, -0.2) is 43.8 Å². The Hall–Kier alpha value is -2.71. The fraction of sp³-hybridized carbons (Fsp3) is 0.222. The van der Waals surface area contributed by atoms with Crippen LogP contribution in [-0.2, 0) is 30.9 Å². The van der Waals surface area contributed by atoms with E-state index in [0.29, 0.717) is 5.56 Å². The van der Waals surface area contributed by atoms with Gasteiger partial charge in [0.1, 0.15) is 11.8 Å². The highest BCUT2D eigenvalue weighted by atomic mass is 32.2. The van der Waals surface area contributed by atoms with Crippen LogP contribution in [0.1, 0.15) is 5.56 Å². The molecule has 2 aromatic carbocycles. The van der Waals surface area contributed by atoms with Crippen molar-refractivity contribution >= 4 is 22.0 Å². The van der Waals surface area contributed by atoms with E-state index in [0.717, 1.165) is 18.2 Å². The summed E-state index contributed by atoms with van der Waals surface area (Å²) in [7, 11) is -3.39. The van der Waals surface area contributed by atoms with Gasteiger partial charge in [0.15, 0.2) is 0 Å². The van der Waals surface area contributed by atoms with E-state index < -0.39 is 33.8 Å². The zero-order chi connectivity index (χ0) is 19.2. The quantitative estimate of drug-likeness (QED) is 0.558. The van der Waals surface area contributed by atoms with Gasteiger partial charge in [-0.05, 0) is 16.7 Å². The molecule has 0 fully saturated rings. The summed E-state index contributed by atoms with van der Waals surface area (Å²) < 4.78 is 35.3. The molecule has 0 radical (unpaired) electrons. The van der Waals surface area contributed by atoms with Crippen LogP contribution < -0.4 is 5.32 Å². The second kappa shape index (κ2) is 8.59. The monoisotopic (exact) mass is 377 g/mol. The van der Waals surface area contributed by atoms with Crippen molar-refractivity contribution in [2.24, 2.45) is 0 Å². The molecular formula is C18H19NO6S. The molecule has 0 unspecified atom stereocenters. The topological polar surface area (TPSA) is 110 Å². The second-order valence-electron chi connectivity index (χ2n) is 5.63. The van der Waals surface area contributed by atoms with Crippen molar-refractivity contribution in [3.8, 4) is 11.1 Å². The molecule has 0 saturated carbocycles. The normalized spacial score (nSPS) is 12.2. The SMILES string of the molecule is COC(=O)[C@H](CS(=O)(=O)O)NC(=O)Cc1ccc(-c2ccccc2)cc1. The fourth-order valence-electron chi connectivity index (χ4n) is 2.40. The maximum absolute atomic E-state index is 12.1. The van der Waals surface area contributed by atoms with Crippen molar-refractivity contribution in [3.05, 3.63) is 60.2 Å². The second-order valence-corrected chi connectivity index (χ2v) is 7.13. The lowest BCUT2D eigenvalue weighted by atomic mass is 10.0. The molecule has 2 rings (SSSR count). The van der Waals surface area contributed by atoms with Crippen molar-refractivity contribution in [1.29, 1.82) is 0 Å². The number of benzene rings is 2. The van der Waals surface area contributed by atoms with E-state index in [1.165, 1.54) is 0 Å². The van der Waals surface area contributed by atoms with Gasteiger partial charge >= 0.3 is 5.97 Å². The maximum atomic E-state index is 12.1. The Labute approximate surface area is 151 Å². The van der Waals surface area contributed by atoms with E-state index in [-0.39, 0.29) is 6.42 Å². The fourth-order valence-corrected chi connectivity index (χ4v) is 3.04. The molecule has 0 aliphatic heterocycles. The highest BCUT2D eigenvalue weighted by Gasteiger charge is 2.26. The van der Waals surface area contributed by atoms with Crippen LogP contribution in [0.25, 0.3) is 11.1 Å². The molecule has 8 heteroatoms. The third-order valence-corrected chi connectivity index (χ3v) is 4.38. The van der Waals surface area contributed by atoms with Crippen molar-refractivity contribution in [2.45, 2.75) is 12.5 Å². The molecule has 1 amide bonds. The van der Waals surface area contributed by atoms with Crippen LogP contribution in [0, 0.1) is 0 Å². The lowest BCUT2D eigenvalue weighted by molar-refractivity contribution is -0.144. The molecular weight excluding hydrogens is 358 g/mol. The molecule has 2 N–H and O–H groups in total. The van der Waals surface area contributed by atoms with E-state index >= 15 is 0 Å².